The summed E-state index contributed by atoms with van der Waals surface area (Å²) in [6, 6.07) is 12.1. The summed E-state index contributed by atoms with van der Waals surface area (Å²) in [7, 11) is 0. The lowest BCUT2D eigenvalue weighted by Gasteiger charge is -2.22. The molecule has 0 fully saturated rings. The van der Waals surface area contributed by atoms with Crippen LogP contribution < -0.4 is 16.2 Å². The Morgan fingerprint density at radius 1 is 0.978 bits per heavy atom. The van der Waals surface area contributed by atoms with Crippen LogP contribution in [0.25, 0.3) is 22.0 Å². The van der Waals surface area contributed by atoms with Crippen LogP contribution in [0, 0.1) is 20.8 Å². The standard InChI is InChI=1S/C35H42N4O6/c1-19(2)39-18-21(4)30-26(31(40)36-17-27-20(3)13-22(5)37-32(27)41)15-25(16-29(30)39)24-11-9-23(10-12-24)14-28(33(42)43)38-34(44)45-35(6,7)8/h9-13,15-16,18-19,28H,14,17H2,1-8H3,(H,36,40)(H,37,41)(H,38,44)(H,42,43)/t28-/m0/s1. The van der Waals surface area contributed by atoms with Gasteiger partial charge in [-0.05, 0) is 101 Å². The van der Waals surface area contributed by atoms with Gasteiger partial charge in [0, 0.05) is 52.9 Å². The van der Waals surface area contributed by atoms with Crippen molar-refractivity contribution >= 4 is 28.9 Å². The van der Waals surface area contributed by atoms with Crippen molar-refractivity contribution in [2.45, 2.75) is 86.0 Å². The third-order valence-corrected chi connectivity index (χ3v) is 7.56. The van der Waals surface area contributed by atoms with E-state index in [0.29, 0.717) is 16.7 Å². The Hall–Kier alpha value is -4.86. The molecule has 2 amide bonds. The number of ether oxygens (including phenoxy) is 1. The smallest absolute Gasteiger partial charge is 0.408 e. The molecule has 1 atom stereocenters. The van der Waals surface area contributed by atoms with Crippen molar-refractivity contribution in [1.29, 1.82) is 0 Å². The number of aromatic nitrogens is 2. The highest BCUT2D eigenvalue weighted by atomic mass is 16.6. The van der Waals surface area contributed by atoms with E-state index >= 15 is 0 Å². The molecule has 0 saturated heterocycles. The monoisotopic (exact) mass is 614 g/mol. The normalized spacial score (nSPS) is 12.3. The summed E-state index contributed by atoms with van der Waals surface area (Å²) >= 11 is 0. The highest BCUT2D eigenvalue weighted by Crippen LogP contribution is 2.33. The Morgan fingerprint density at radius 3 is 2.22 bits per heavy atom. The lowest BCUT2D eigenvalue weighted by Crippen LogP contribution is -2.44. The van der Waals surface area contributed by atoms with Crippen LogP contribution in [0.2, 0.25) is 0 Å². The number of carbonyl (C=O) groups excluding carboxylic acids is 2. The molecule has 10 heteroatoms. The first-order valence-corrected chi connectivity index (χ1v) is 15.0. The number of hydrogen-bond donors (Lipinski definition) is 4. The Bertz CT molecular complexity index is 1810. The number of pyridine rings is 1. The largest absolute Gasteiger partial charge is 0.480 e. The number of hydrogen-bond acceptors (Lipinski definition) is 5. The van der Waals surface area contributed by atoms with Gasteiger partial charge in [-0.2, -0.15) is 0 Å². The zero-order chi connectivity index (χ0) is 33.2. The van der Waals surface area contributed by atoms with Crippen LogP contribution in [0.4, 0.5) is 4.79 Å². The van der Waals surface area contributed by atoms with Gasteiger partial charge >= 0.3 is 12.1 Å². The van der Waals surface area contributed by atoms with Gasteiger partial charge in [0.25, 0.3) is 11.5 Å². The molecular formula is C35H42N4O6. The number of carboxylic acids is 1. The van der Waals surface area contributed by atoms with Gasteiger partial charge in [-0.1, -0.05) is 24.3 Å². The highest BCUT2D eigenvalue weighted by Gasteiger charge is 2.25. The van der Waals surface area contributed by atoms with Crippen LogP contribution >= 0.6 is 0 Å². The van der Waals surface area contributed by atoms with Crippen molar-refractivity contribution in [1.82, 2.24) is 20.2 Å². The molecule has 0 bridgehead atoms. The zero-order valence-electron chi connectivity index (χ0n) is 27.1. The van der Waals surface area contributed by atoms with Gasteiger partial charge in [-0.3, -0.25) is 9.59 Å². The first-order valence-electron chi connectivity index (χ1n) is 15.0. The summed E-state index contributed by atoms with van der Waals surface area (Å²) in [6.07, 6.45) is 1.31. The fraction of sp³-hybridized carbons (Fsp3) is 0.371. The average molecular weight is 615 g/mol. The molecule has 0 radical (unpaired) electrons. The van der Waals surface area contributed by atoms with Crippen LogP contribution in [-0.4, -0.2) is 44.3 Å². The van der Waals surface area contributed by atoms with Crippen molar-refractivity contribution in [3.05, 3.63) is 92.5 Å². The number of benzene rings is 2. The number of aliphatic carboxylic acids is 1. The van der Waals surface area contributed by atoms with Crippen molar-refractivity contribution in [2.24, 2.45) is 0 Å². The lowest BCUT2D eigenvalue weighted by molar-refractivity contribution is -0.139. The van der Waals surface area contributed by atoms with Gasteiger partial charge < -0.3 is 30.0 Å². The second-order valence-corrected chi connectivity index (χ2v) is 12.8. The predicted molar refractivity (Wildman–Crippen MR) is 175 cm³/mol. The summed E-state index contributed by atoms with van der Waals surface area (Å²) in [5.74, 6) is -1.46. The Balaban J connectivity index is 1.66. The number of H-pyrrole nitrogens is 1. The van der Waals surface area contributed by atoms with Gasteiger partial charge in [-0.25, -0.2) is 9.59 Å². The summed E-state index contributed by atoms with van der Waals surface area (Å²) in [4.78, 5) is 53.2. The number of carboxylic acid groups (broad SMARTS) is 1. The molecule has 2 heterocycles. The second-order valence-electron chi connectivity index (χ2n) is 12.8. The van der Waals surface area contributed by atoms with Gasteiger partial charge in [0.15, 0.2) is 0 Å². The maximum absolute atomic E-state index is 13.7. The van der Waals surface area contributed by atoms with E-state index in [4.69, 9.17) is 4.74 Å². The molecule has 4 N–H and O–H groups in total. The number of aryl methyl sites for hydroxylation is 3. The molecule has 0 unspecified atom stereocenters. The first-order chi connectivity index (χ1) is 21.0. The minimum Gasteiger partial charge on any atom is -0.480 e. The van der Waals surface area contributed by atoms with E-state index < -0.39 is 23.7 Å². The van der Waals surface area contributed by atoms with Crippen molar-refractivity contribution in [3.63, 3.8) is 0 Å². The molecule has 2 aromatic heterocycles. The van der Waals surface area contributed by atoms with E-state index in [1.807, 2.05) is 69.4 Å². The van der Waals surface area contributed by atoms with E-state index in [9.17, 15) is 24.3 Å². The minimum atomic E-state index is -1.17. The number of alkyl carbamates (subject to hydrolysis) is 1. The van der Waals surface area contributed by atoms with Crippen LogP contribution in [0.3, 0.4) is 0 Å². The Labute approximate surface area is 262 Å². The van der Waals surface area contributed by atoms with Crippen LogP contribution in [0.5, 0.6) is 0 Å². The topological polar surface area (TPSA) is 143 Å². The predicted octanol–water partition coefficient (Wildman–Crippen LogP) is 5.95. The first kappa shape index (κ1) is 33.0. The maximum Gasteiger partial charge on any atom is 0.408 e. The molecule has 45 heavy (non-hydrogen) atoms. The fourth-order valence-corrected chi connectivity index (χ4v) is 5.44. The molecule has 0 saturated carbocycles. The summed E-state index contributed by atoms with van der Waals surface area (Å²) in [5, 5.41) is 15.9. The molecule has 0 aliphatic rings. The number of amides is 2. The second kappa shape index (κ2) is 13.0. The molecule has 4 aromatic rings. The fourth-order valence-electron chi connectivity index (χ4n) is 5.44. The van der Waals surface area contributed by atoms with Crippen LogP contribution in [0.15, 0.2) is 53.5 Å². The molecule has 238 valence electrons. The number of nitrogens with zero attached hydrogens (tertiary/aromatic N) is 1. The quantitative estimate of drug-likeness (QED) is 0.183. The third kappa shape index (κ3) is 7.81. The van der Waals surface area contributed by atoms with Crippen molar-refractivity contribution in [2.75, 3.05) is 0 Å². The molecule has 10 nitrogen and oxygen atoms in total. The summed E-state index contributed by atoms with van der Waals surface area (Å²) in [6.45, 7) is 15.0. The molecular weight excluding hydrogens is 572 g/mol. The minimum absolute atomic E-state index is 0.0640. The van der Waals surface area contributed by atoms with E-state index in [2.05, 4.69) is 34.0 Å². The van der Waals surface area contributed by atoms with Gasteiger partial charge in [-0.15, -0.1) is 0 Å². The van der Waals surface area contributed by atoms with Crippen molar-refractivity contribution in [3.8, 4) is 11.1 Å². The Kier molecular flexibility index (Phi) is 9.56. The third-order valence-electron chi connectivity index (χ3n) is 7.56. The van der Waals surface area contributed by atoms with E-state index in [-0.39, 0.29) is 30.5 Å². The summed E-state index contributed by atoms with van der Waals surface area (Å²) < 4.78 is 7.35. The highest BCUT2D eigenvalue weighted by molar-refractivity contribution is 6.09. The number of aromatic amines is 1. The average Bonchev–Trinajstić information content (AvgIpc) is 3.27. The van der Waals surface area contributed by atoms with Crippen molar-refractivity contribution < 1.29 is 24.2 Å². The lowest BCUT2D eigenvalue weighted by atomic mass is 9.96. The molecule has 0 aliphatic heterocycles. The van der Waals surface area contributed by atoms with E-state index in [0.717, 1.165) is 38.9 Å². The number of nitrogens with one attached hydrogen (secondary N) is 3. The van der Waals surface area contributed by atoms with E-state index in [1.54, 1.807) is 20.8 Å². The molecule has 0 spiro atoms. The molecule has 4 rings (SSSR count). The number of rotatable bonds is 9. The maximum atomic E-state index is 13.7. The van der Waals surface area contributed by atoms with Gasteiger partial charge in [0.1, 0.15) is 11.6 Å². The Morgan fingerprint density at radius 2 is 1.64 bits per heavy atom. The van der Waals surface area contributed by atoms with Gasteiger partial charge in [0.05, 0.1) is 0 Å². The molecule has 2 aromatic carbocycles. The summed E-state index contributed by atoms with van der Waals surface area (Å²) in [5.41, 5.74) is 5.83. The number of fused-ring (bicyclic) bond motifs is 1. The van der Waals surface area contributed by atoms with Crippen LogP contribution in [0.1, 0.15) is 79.0 Å². The van der Waals surface area contributed by atoms with Crippen LogP contribution in [-0.2, 0) is 22.5 Å². The van der Waals surface area contributed by atoms with E-state index in [1.165, 1.54) is 0 Å². The van der Waals surface area contributed by atoms with Gasteiger partial charge in [0.2, 0.25) is 0 Å². The SMILES string of the molecule is Cc1cc(C)c(CNC(=O)c2cc(-c3ccc(C[C@H](NC(=O)OC(C)(C)C)C(=O)O)cc3)cc3c2c(C)cn3C(C)C)c(=O)[nH]1. The zero-order valence-corrected chi connectivity index (χ0v) is 27.1. The number of carbonyl (C=O) groups is 3. The molecule has 0 aliphatic carbocycles.